The maximum Gasteiger partial charge on any atom is 0.281 e. The van der Waals surface area contributed by atoms with Crippen molar-refractivity contribution in [1.29, 1.82) is 5.26 Å². The summed E-state index contributed by atoms with van der Waals surface area (Å²) in [6.07, 6.45) is 3.49. The number of aromatic nitrogens is 1. The van der Waals surface area contributed by atoms with Crippen LogP contribution in [0.5, 0.6) is 5.88 Å². The average molecular weight is 391 g/mol. The molecular weight excluding hydrogens is 375 g/mol. The Morgan fingerprint density at radius 3 is 2.35 bits per heavy atom. The minimum absolute atomic E-state index is 0.00207. The van der Waals surface area contributed by atoms with Crippen molar-refractivity contribution in [2.24, 2.45) is 10.2 Å². The number of rotatable bonds is 3. The van der Waals surface area contributed by atoms with Crippen LogP contribution in [0.4, 0.5) is 11.4 Å². The van der Waals surface area contributed by atoms with Gasteiger partial charge in [0, 0.05) is 11.6 Å². The summed E-state index contributed by atoms with van der Waals surface area (Å²) in [6.45, 7) is 1.56. The molecule has 1 aromatic heterocycles. The van der Waals surface area contributed by atoms with E-state index in [1.54, 1.807) is 25.1 Å². The molecule has 0 amide bonds. The fraction of sp³-hybridized carbons (Fsp3) is 0.333. The zero-order valence-corrected chi connectivity index (χ0v) is 15.5. The number of nitriles is 1. The molecule has 3 rings (SSSR count). The Morgan fingerprint density at radius 2 is 1.77 bits per heavy atom. The first-order chi connectivity index (χ1) is 12.5. The standard InChI is InChI=1S/C18H16Cl2N4O2/c1-10-12(9-21)17(25)24(11-5-2-3-6-11)18(26)15(10)22-23-16-13(19)7-4-8-14(16)20/h4,7-8,11,25H,2-3,5-6H2,1H3. The van der Waals surface area contributed by atoms with Crippen LogP contribution in [-0.4, -0.2) is 9.67 Å². The molecular formula is C18H16Cl2N4O2. The van der Waals surface area contributed by atoms with Crippen LogP contribution in [0, 0.1) is 18.3 Å². The van der Waals surface area contributed by atoms with Gasteiger partial charge in [0.15, 0.2) is 5.69 Å². The fourth-order valence-electron chi connectivity index (χ4n) is 3.21. The highest BCUT2D eigenvalue weighted by molar-refractivity contribution is 6.38. The van der Waals surface area contributed by atoms with Crippen LogP contribution in [0.25, 0.3) is 0 Å². The minimum atomic E-state index is -0.474. The largest absolute Gasteiger partial charge is 0.493 e. The van der Waals surface area contributed by atoms with Gasteiger partial charge in [-0.25, -0.2) is 0 Å². The molecule has 0 spiro atoms. The highest BCUT2D eigenvalue weighted by atomic mass is 35.5. The summed E-state index contributed by atoms with van der Waals surface area (Å²) < 4.78 is 1.26. The van der Waals surface area contributed by atoms with E-state index in [0.29, 0.717) is 10.0 Å². The van der Waals surface area contributed by atoms with Gasteiger partial charge in [-0.15, -0.1) is 10.2 Å². The van der Waals surface area contributed by atoms with Crippen molar-refractivity contribution in [2.45, 2.75) is 38.6 Å². The Hall–Kier alpha value is -2.36. The molecule has 0 atom stereocenters. The van der Waals surface area contributed by atoms with Gasteiger partial charge in [-0.3, -0.25) is 9.36 Å². The Labute approximate surface area is 160 Å². The third kappa shape index (κ3) is 3.20. The van der Waals surface area contributed by atoms with Crippen LogP contribution < -0.4 is 5.56 Å². The lowest BCUT2D eigenvalue weighted by molar-refractivity contribution is 0.368. The predicted octanol–water partition coefficient (Wildman–Crippen LogP) is 5.57. The van der Waals surface area contributed by atoms with E-state index >= 15 is 0 Å². The van der Waals surface area contributed by atoms with Crippen molar-refractivity contribution in [1.82, 2.24) is 4.57 Å². The molecule has 1 saturated carbocycles. The van der Waals surface area contributed by atoms with Gasteiger partial charge in [0.1, 0.15) is 17.3 Å². The highest BCUT2D eigenvalue weighted by Gasteiger charge is 2.26. The van der Waals surface area contributed by atoms with Gasteiger partial charge in [0.05, 0.1) is 10.0 Å². The van der Waals surface area contributed by atoms with Crippen LogP contribution in [0.1, 0.15) is 42.9 Å². The number of nitrogens with zero attached hydrogens (tertiary/aromatic N) is 4. The van der Waals surface area contributed by atoms with Gasteiger partial charge in [-0.2, -0.15) is 5.26 Å². The molecule has 2 aromatic rings. The molecule has 8 heteroatoms. The van der Waals surface area contributed by atoms with E-state index in [1.165, 1.54) is 4.57 Å². The van der Waals surface area contributed by atoms with Gasteiger partial charge in [0.25, 0.3) is 5.56 Å². The molecule has 1 aliphatic carbocycles. The molecule has 0 bridgehead atoms. The second kappa shape index (κ2) is 7.48. The molecule has 1 N–H and O–H groups in total. The summed E-state index contributed by atoms with van der Waals surface area (Å²) in [6, 6.07) is 6.71. The lowest BCUT2D eigenvalue weighted by atomic mass is 10.1. The number of aromatic hydroxyl groups is 1. The topological polar surface area (TPSA) is 90.7 Å². The van der Waals surface area contributed by atoms with Crippen LogP contribution >= 0.6 is 23.2 Å². The molecule has 0 saturated heterocycles. The number of halogens is 2. The molecule has 0 aliphatic heterocycles. The van der Waals surface area contributed by atoms with E-state index in [4.69, 9.17) is 23.2 Å². The number of azo groups is 1. The van der Waals surface area contributed by atoms with E-state index in [2.05, 4.69) is 10.2 Å². The first-order valence-corrected chi connectivity index (χ1v) is 8.95. The van der Waals surface area contributed by atoms with Crippen molar-refractivity contribution >= 4 is 34.6 Å². The Bertz CT molecular complexity index is 966. The summed E-state index contributed by atoms with van der Waals surface area (Å²) in [5, 5.41) is 28.5. The zero-order valence-electron chi connectivity index (χ0n) is 14.0. The van der Waals surface area contributed by atoms with E-state index in [1.807, 2.05) is 6.07 Å². The monoisotopic (exact) mass is 390 g/mol. The first-order valence-electron chi connectivity index (χ1n) is 8.19. The number of hydrogen-bond acceptors (Lipinski definition) is 5. The second-order valence-electron chi connectivity index (χ2n) is 6.17. The molecule has 1 aliphatic rings. The maximum absolute atomic E-state index is 12.9. The normalized spacial score (nSPS) is 14.8. The molecule has 1 aromatic carbocycles. The predicted molar refractivity (Wildman–Crippen MR) is 100.0 cm³/mol. The SMILES string of the molecule is Cc1c(C#N)c(O)n(C2CCCC2)c(=O)c1N=Nc1c(Cl)cccc1Cl. The molecule has 134 valence electrons. The first kappa shape index (κ1) is 18.4. The van der Waals surface area contributed by atoms with Crippen LogP contribution in [0.2, 0.25) is 10.0 Å². The van der Waals surface area contributed by atoms with Gasteiger partial charge in [-0.05, 0) is 31.9 Å². The lowest BCUT2D eigenvalue weighted by Crippen LogP contribution is -2.24. The Morgan fingerprint density at radius 1 is 1.19 bits per heavy atom. The minimum Gasteiger partial charge on any atom is -0.493 e. The molecule has 6 nitrogen and oxygen atoms in total. The van der Waals surface area contributed by atoms with Crippen molar-refractivity contribution in [2.75, 3.05) is 0 Å². The Balaban J connectivity index is 2.18. The van der Waals surface area contributed by atoms with Crippen molar-refractivity contribution in [3.8, 4) is 11.9 Å². The molecule has 1 fully saturated rings. The highest BCUT2D eigenvalue weighted by Crippen LogP contribution is 2.37. The smallest absolute Gasteiger partial charge is 0.281 e. The summed E-state index contributed by atoms with van der Waals surface area (Å²) in [4.78, 5) is 12.9. The summed E-state index contributed by atoms with van der Waals surface area (Å²) >= 11 is 12.2. The van der Waals surface area contributed by atoms with E-state index in [9.17, 15) is 15.2 Å². The quantitative estimate of drug-likeness (QED) is 0.694. The fourth-order valence-corrected chi connectivity index (χ4v) is 3.69. The number of benzene rings is 1. The third-order valence-electron chi connectivity index (χ3n) is 4.59. The van der Waals surface area contributed by atoms with E-state index in [0.717, 1.165) is 25.7 Å². The summed E-state index contributed by atoms with van der Waals surface area (Å²) in [5.74, 6) is -0.309. The van der Waals surface area contributed by atoms with Crippen LogP contribution in [-0.2, 0) is 0 Å². The molecule has 26 heavy (non-hydrogen) atoms. The summed E-state index contributed by atoms with van der Waals surface area (Å²) in [7, 11) is 0. The van der Waals surface area contributed by atoms with Crippen molar-refractivity contribution in [3.63, 3.8) is 0 Å². The van der Waals surface area contributed by atoms with Gasteiger partial charge < -0.3 is 5.11 Å². The maximum atomic E-state index is 12.9. The lowest BCUT2D eigenvalue weighted by Gasteiger charge is -2.18. The van der Waals surface area contributed by atoms with Crippen molar-refractivity contribution in [3.05, 3.63) is 49.7 Å². The van der Waals surface area contributed by atoms with E-state index < -0.39 is 5.56 Å². The molecule has 0 unspecified atom stereocenters. The molecule has 0 radical (unpaired) electrons. The average Bonchev–Trinajstić information content (AvgIpc) is 3.11. The van der Waals surface area contributed by atoms with Gasteiger partial charge in [-0.1, -0.05) is 42.1 Å². The summed E-state index contributed by atoms with van der Waals surface area (Å²) in [5.41, 5.74) is 0.0700. The number of pyridine rings is 1. The molecule has 1 heterocycles. The van der Waals surface area contributed by atoms with Crippen LogP contribution in [0.15, 0.2) is 33.2 Å². The third-order valence-corrected chi connectivity index (χ3v) is 5.20. The van der Waals surface area contributed by atoms with Gasteiger partial charge in [0.2, 0.25) is 5.88 Å². The van der Waals surface area contributed by atoms with Gasteiger partial charge >= 0.3 is 0 Å². The Kier molecular flexibility index (Phi) is 5.30. The zero-order chi connectivity index (χ0) is 18.8. The number of hydrogen-bond donors (Lipinski definition) is 1. The van der Waals surface area contributed by atoms with E-state index in [-0.39, 0.29) is 34.4 Å². The van der Waals surface area contributed by atoms with Crippen LogP contribution in [0.3, 0.4) is 0 Å². The van der Waals surface area contributed by atoms with Crippen molar-refractivity contribution < 1.29 is 5.11 Å². The second-order valence-corrected chi connectivity index (χ2v) is 6.98.